The van der Waals surface area contributed by atoms with Gasteiger partial charge in [-0.1, -0.05) is 0 Å². The van der Waals surface area contributed by atoms with E-state index in [-0.39, 0.29) is 11.8 Å². The second-order valence-corrected chi connectivity index (χ2v) is 5.43. The number of benzene rings is 1. The van der Waals surface area contributed by atoms with E-state index >= 15 is 0 Å². The van der Waals surface area contributed by atoms with Crippen LogP contribution in [0.5, 0.6) is 11.5 Å². The molecule has 0 saturated carbocycles. The van der Waals surface area contributed by atoms with Crippen molar-refractivity contribution >= 4 is 5.91 Å². The Morgan fingerprint density at radius 3 is 2.29 bits per heavy atom. The van der Waals surface area contributed by atoms with Crippen molar-refractivity contribution in [2.45, 2.75) is 19.8 Å². The summed E-state index contributed by atoms with van der Waals surface area (Å²) in [5.74, 6) is 1.65. The van der Waals surface area contributed by atoms with Crippen molar-refractivity contribution in [3.63, 3.8) is 0 Å². The molecule has 0 aromatic heterocycles. The molecule has 0 unspecified atom stereocenters. The molecular formula is C16H25N2O3+. The first-order valence-electron chi connectivity index (χ1n) is 7.67. The first kappa shape index (κ1) is 15.6. The van der Waals surface area contributed by atoms with Gasteiger partial charge in [-0.25, -0.2) is 0 Å². The van der Waals surface area contributed by atoms with E-state index in [1.807, 2.05) is 31.2 Å². The van der Waals surface area contributed by atoms with E-state index in [9.17, 15) is 4.79 Å². The molecule has 0 bridgehead atoms. The van der Waals surface area contributed by atoms with Gasteiger partial charge in [0.1, 0.15) is 24.7 Å². The number of quaternary nitrogens is 1. The summed E-state index contributed by atoms with van der Waals surface area (Å²) in [5, 5.41) is 0. The molecule has 1 aromatic carbocycles. The number of likely N-dealkylation sites (tertiary alicyclic amines) is 1. The number of carbonyl (C=O) groups is 1. The molecule has 5 nitrogen and oxygen atoms in total. The Morgan fingerprint density at radius 2 is 1.76 bits per heavy atom. The number of carbonyl (C=O) groups excluding carboxylic acids is 1. The molecule has 0 spiro atoms. The quantitative estimate of drug-likeness (QED) is 0.757. The molecule has 1 aliphatic rings. The monoisotopic (exact) mass is 293 g/mol. The summed E-state index contributed by atoms with van der Waals surface area (Å²) in [6.45, 7) is 6.28. The second-order valence-electron chi connectivity index (χ2n) is 5.43. The third-order valence-corrected chi connectivity index (χ3v) is 3.95. The van der Waals surface area contributed by atoms with E-state index in [4.69, 9.17) is 15.2 Å². The minimum absolute atomic E-state index is 0.0702. The van der Waals surface area contributed by atoms with E-state index in [1.165, 1.54) is 4.90 Å². The maximum atomic E-state index is 11.1. The van der Waals surface area contributed by atoms with Crippen LogP contribution in [-0.4, -0.2) is 38.8 Å². The molecule has 1 aliphatic heterocycles. The number of piperidine rings is 1. The van der Waals surface area contributed by atoms with Gasteiger partial charge in [0.2, 0.25) is 5.91 Å². The molecular weight excluding hydrogens is 268 g/mol. The highest BCUT2D eigenvalue weighted by Gasteiger charge is 2.25. The van der Waals surface area contributed by atoms with Crippen LogP contribution in [0.25, 0.3) is 0 Å². The van der Waals surface area contributed by atoms with Crippen LogP contribution in [0.15, 0.2) is 24.3 Å². The van der Waals surface area contributed by atoms with Gasteiger partial charge in [-0.15, -0.1) is 0 Å². The summed E-state index contributed by atoms with van der Waals surface area (Å²) in [5.41, 5.74) is 5.34. The largest absolute Gasteiger partial charge is 0.494 e. The van der Waals surface area contributed by atoms with Gasteiger partial charge in [-0.3, -0.25) is 4.79 Å². The number of nitrogens with two attached hydrogens (primary N) is 1. The fourth-order valence-corrected chi connectivity index (χ4v) is 2.67. The lowest BCUT2D eigenvalue weighted by Crippen LogP contribution is -3.13. The molecule has 21 heavy (non-hydrogen) atoms. The van der Waals surface area contributed by atoms with Crippen molar-refractivity contribution in [1.29, 1.82) is 0 Å². The van der Waals surface area contributed by atoms with E-state index in [0.29, 0.717) is 13.2 Å². The van der Waals surface area contributed by atoms with Crippen LogP contribution in [0.2, 0.25) is 0 Å². The van der Waals surface area contributed by atoms with Crippen LogP contribution in [0.4, 0.5) is 0 Å². The molecule has 1 fully saturated rings. The Labute approximate surface area is 126 Å². The summed E-state index contributed by atoms with van der Waals surface area (Å²) in [4.78, 5) is 12.6. The minimum Gasteiger partial charge on any atom is -0.494 e. The highest BCUT2D eigenvalue weighted by Crippen LogP contribution is 2.17. The average Bonchev–Trinajstić information content (AvgIpc) is 2.50. The molecule has 116 valence electrons. The van der Waals surface area contributed by atoms with Crippen molar-refractivity contribution in [3.05, 3.63) is 24.3 Å². The second kappa shape index (κ2) is 7.88. The lowest BCUT2D eigenvalue weighted by Gasteiger charge is -2.27. The zero-order valence-electron chi connectivity index (χ0n) is 12.6. The first-order valence-corrected chi connectivity index (χ1v) is 7.67. The fraction of sp³-hybridized carbons (Fsp3) is 0.562. The number of nitrogens with one attached hydrogen (secondary N) is 1. The summed E-state index contributed by atoms with van der Waals surface area (Å²) >= 11 is 0. The zero-order valence-corrected chi connectivity index (χ0v) is 12.6. The first-order chi connectivity index (χ1) is 10.2. The molecule has 0 aliphatic carbocycles. The molecule has 1 saturated heterocycles. The molecule has 1 aromatic rings. The minimum atomic E-state index is -0.153. The number of rotatable bonds is 7. The maximum Gasteiger partial charge on any atom is 0.220 e. The van der Waals surface area contributed by atoms with E-state index in [1.54, 1.807) is 0 Å². The molecule has 1 heterocycles. The van der Waals surface area contributed by atoms with E-state index < -0.39 is 0 Å². The predicted molar refractivity (Wildman–Crippen MR) is 80.6 cm³/mol. The van der Waals surface area contributed by atoms with E-state index in [0.717, 1.165) is 44.0 Å². The van der Waals surface area contributed by atoms with E-state index in [2.05, 4.69) is 0 Å². The molecule has 3 N–H and O–H groups in total. The van der Waals surface area contributed by atoms with Gasteiger partial charge >= 0.3 is 0 Å². The average molecular weight is 293 g/mol. The predicted octanol–water partition coefficient (Wildman–Crippen LogP) is 0.244. The van der Waals surface area contributed by atoms with Gasteiger partial charge in [0, 0.05) is 18.8 Å². The van der Waals surface area contributed by atoms with Crippen LogP contribution in [0, 0.1) is 5.92 Å². The zero-order chi connectivity index (χ0) is 15.1. The molecule has 0 radical (unpaired) electrons. The van der Waals surface area contributed by atoms with Crippen LogP contribution >= 0.6 is 0 Å². The highest BCUT2D eigenvalue weighted by molar-refractivity contribution is 5.76. The highest BCUT2D eigenvalue weighted by atomic mass is 16.5. The van der Waals surface area contributed by atoms with Crippen molar-refractivity contribution in [2.24, 2.45) is 11.7 Å². The van der Waals surface area contributed by atoms with Crippen molar-refractivity contribution in [3.8, 4) is 11.5 Å². The standard InChI is InChI=1S/C16H24N2O3/c1-2-20-14-3-5-15(6-4-14)21-12-11-18-9-7-13(8-10-18)16(17)19/h3-6,13H,2,7-12H2,1H3,(H2,17,19)/p+1. The van der Waals surface area contributed by atoms with Crippen molar-refractivity contribution < 1.29 is 19.2 Å². The third-order valence-electron chi connectivity index (χ3n) is 3.95. The van der Waals surface area contributed by atoms with Gasteiger partial charge in [0.15, 0.2) is 0 Å². The maximum absolute atomic E-state index is 11.1. The molecule has 2 rings (SSSR count). The summed E-state index contributed by atoms with van der Waals surface area (Å²) < 4.78 is 11.1. The lowest BCUT2D eigenvalue weighted by atomic mass is 9.96. The normalized spacial score (nSPS) is 21.8. The smallest absolute Gasteiger partial charge is 0.220 e. The number of amides is 1. The van der Waals surface area contributed by atoms with Crippen LogP contribution in [-0.2, 0) is 4.79 Å². The Hall–Kier alpha value is -1.75. The number of ether oxygens (including phenoxy) is 2. The number of hydrogen-bond acceptors (Lipinski definition) is 3. The SMILES string of the molecule is CCOc1ccc(OCC[NH+]2CCC(C(N)=O)CC2)cc1. The molecule has 1 amide bonds. The number of primary amides is 1. The topological polar surface area (TPSA) is 66.0 Å². The third kappa shape index (κ3) is 4.93. The summed E-state index contributed by atoms with van der Waals surface area (Å²) in [6, 6.07) is 7.70. The molecule has 5 heteroatoms. The van der Waals surface area contributed by atoms with Crippen LogP contribution in [0.3, 0.4) is 0 Å². The Bertz CT molecular complexity index is 439. The van der Waals surface area contributed by atoms with Gasteiger partial charge < -0.3 is 20.1 Å². The van der Waals surface area contributed by atoms with Crippen LogP contribution < -0.4 is 20.1 Å². The molecule has 0 atom stereocenters. The lowest BCUT2D eigenvalue weighted by molar-refractivity contribution is -0.905. The van der Waals surface area contributed by atoms with Gasteiger partial charge in [0.05, 0.1) is 19.7 Å². The Kier molecular flexibility index (Phi) is 5.87. The van der Waals surface area contributed by atoms with Gasteiger partial charge in [-0.2, -0.15) is 0 Å². The Morgan fingerprint density at radius 1 is 1.19 bits per heavy atom. The van der Waals surface area contributed by atoms with Gasteiger partial charge in [-0.05, 0) is 31.2 Å². The van der Waals surface area contributed by atoms with Crippen molar-refractivity contribution in [1.82, 2.24) is 0 Å². The summed E-state index contributed by atoms with van der Waals surface area (Å²) in [7, 11) is 0. The summed E-state index contributed by atoms with van der Waals surface area (Å²) in [6.07, 6.45) is 1.79. The van der Waals surface area contributed by atoms with Gasteiger partial charge in [0.25, 0.3) is 0 Å². The van der Waals surface area contributed by atoms with Crippen molar-refractivity contribution in [2.75, 3.05) is 32.8 Å². The fourth-order valence-electron chi connectivity index (χ4n) is 2.67. The Balaban J connectivity index is 1.66. The number of hydrogen-bond donors (Lipinski definition) is 2. The van der Waals surface area contributed by atoms with Crippen LogP contribution in [0.1, 0.15) is 19.8 Å².